The minimum Gasteiger partial charge on any atom is -0.489 e. The number of hydrogen-bond donors (Lipinski definition) is 7. The summed E-state index contributed by atoms with van der Waals surface area (Å²) in [4.78, 5) is 108. The van der Waals surface area contributed by atoms with Gasteiger partial charge in [-0.2, -0.15) is 0 Å². The van der Waals surface area contributed by atoms with Gasteiger partial charge in [0.05, 0.1) is 12.6 Å². The van der Waals surface area contributed by atoms with E-state index in [9.17, 15) is 24.0 Å². The molecule has 77 heavy (non-hydrogen) atoms. The predicted octanol–water partition coefficient (Wildman–Crippen LogP) is 5.91. The van der Waals surface area contributed by atoms with Gasteiger partial charge in [0, 0.05) is 48.8 Å². The van der Waals surface area contributed by atoms with Gasteiger partial charge < -0.3 is 51.7 Å². The van der Waals surface area contributed by atoms with Gasteiger partial charge in [0.2, 0.25) is 29.5 Å². The van der Waals surface area contributed by atoms with Crippen molar-refractivity contribution in [1.29, 1.82) is 0 Å². The molecular weight excluding hydrogens is 977 g/mol. The van der Waals surface area contributed by atoms with Crippen LogP contribution in [0.3, 0.4) is 0 Å². The van der Waals surface area contributed by atoms with Crippen LogP contribution in [0.25, 0.3) is 10.9 Å². The zero-order valence-corrected chi connectivity index (χ0v) is 43.3. The lowest BCUT2D eigenvalue weighted by Crippen LogP contribution is -2.58. The van der Waals surface area contributed by atoms with Gasteiger partial charge in [-0.15, -0.1) is 0 Å². The molecule has 2 saturated heterocycles. The molecule has 17 nitrogen and oxygen atoms in total. The van der Waals surface area contributed by atoms with Crippen LogP contribution in [0.1, 0.15) is 79.3 Å². The van der Waals surface area contributed by atoms with Crippen molar-refractivity contribution < 1.29 is 43.0 Å². The number of H-pyrrole nitrogens is 1. The Bertz CT molecular complexity index is 2960. The monoisotopic (exact) mass is 1040 g/mol. The molecule has 2 aliphatic heterocycles. The maximum absolute atomic E-state index is 15.4. The molecule has 2 fully saturated rings. The number of ether oxygens (including phenoxy) is 2. The second kappa shape index (κ2) is 27.0. The summed E-state index contributed by atoms with van der Waals surface area (Å²) in [6, 6.07) is 35.7. The second-order valence-electron chi connectivity index (χ2n) is 19.8. The van der Waals surface area contributed by atoms with Crippen LogP contribution in [-0.4, -0.2) is 101 Å². The van der Waals surface area contributed by atoms with Crippen LogP contribution >= 0.6 is 0 Å². The lowest BCUT2D eigenvalue weighted by molar-refractivity contribution is -0.144. The molecule has 8 N–H and O–H groups in total. The Labute approximate surface area is 448 Å². The van der Waals surface area contributed by atoms with Gasteiger partial charge in [0.1, 0.15) is 42.6 Å². The molecule has 6 amide bonds. The number of Topliss-reactive ketones (excluding diaryl/α,β-unsaturated/α-hetero) is 1. The number of nitrogens with one attached hydrogen (secondary N) is 6. The average Bonchev–Trinajstić information content (AvgIpc) is 4.07. The van der Waals surface area contributed by atoms with Gasteiger partial charge in [-0.05, 0) is 91.1 Å². The number of ketones is 1. The quantitative estimate of drug-likeness (QED) is 0.0533. The number of unbranched alkanes of at least 4 members (excludes halogenated alkanes) is 1. The van der Waals surface area contributed by atoms with Crippen LogP contribution in [0.2, 0.25) is 0 Å². The van der Waals surface area contributed by atoms with Crippen LogP contribution in [0.15, 0.2) is 146 Å². The Balaban J connectivity index is 1.19. The second-order valence-corrected chi connectivity index (χ2v) is 19.8. The van der Waals surface area contributed by atoms with Crippen molar-refractivity contribution in [2.45, 2.75) is 108 Å². The molecule has 2 aliphatic rings. The fourth-order valence-corrected chi connectivity index (χ4v) is 9.98. The first kappa shape index (κ1) is 54.9. The van der Waals surface area contributed by atoms with E-state index in [4.69, 9.17) is 15.2 Å². The standard InChI is InChI=1S/C60H68N8O9/c1-2-30-62-60(75)77-46-35-52-57(72)67-54(42-20-10-5-11-21-42)58(73)66-51(33-44-36-63-48-23-13-12-22-47(44)48)56(71)64-49(24-14-15-29-61)55(70)65-50(32-40-25-27-45(28-26-40)76-38-41-18-8-4-9-19-41)53(69)34-43(59(74)68(52)37-46)31-39-16-6-3-7-17-39/h3-13,16-23,25-28,36,43,46,49-52,54,63H,2,14-15,24,29-35,37-38,61H2,1H3,(H,62,75)(H,64,71)(H,65,70)(H,66,73)(H,67,72)/t43-,46-,49+,50+,51-,52+,54+/m1/s1. The third-order valence-corrected chi connectivity index (χ3v) is 14.1. The summed E-state index contributed by atoms with van der Waals surface area (Å²) in [5, 5.41) is 15.2. The fraction of sp³-hybridized carbons (Fsp3) is 0.350. The SMILES string of the molecule is CCCNC(=O)O[C@@H]1C[C@H]2C(=O)N[C@@H](c3ccccc3)C(=O)N[C@H](Cc3c[nH]c4ccccc34)C(=O)N[C@@H](CCCCN)C(=O)N[C@@H](Cc3ccc(OCc4ccccc4)cc3)C(=O)C[C@@H](Cc3ccccc3)C(=O)N2C1. The highest BCUT2D eigenvalue weighted by molar-refractivity contribution is 5.99. The van der Waals surface area contributed by atoms with Crippen LogP contribution in [0.4, 0.5) is 4.79 Å². The molecule has 402 valence electrons. The third-order valence-electron chi connectivity index (χ3n) is 14.1. The first-order chi connectivity index (χ1) is 37.5. The minimum atomic E-state index is -1.39. The molecule has 5 aromatic carbocycles. The Morgan fingerprint density at radius 2 is 1.30 bits per heavy atom. The number of fused-ring (bicyclic) bond motifs is 2. The number of aromatic amines is 1. The maximum Gasteiger partial charge on any atom is 0.407 e. The van der Waals surface area contributed by atoms with Crippen molar-refractivity contribution in [1.82, 2.24) is 36.5 Å². The smallest absolute Gasteiger partial charge is 0.407 e. The molecule has 17 heteroatoms. The number of benzene rings is 5. The Hall–Kier alpha value is -8.31. The number of carbonyl (C=O) groups is 7. The summed E-state index contributed by atoms with van der Waals surface area (Å²) >= 11 is 0. The first-order valence-electron chi connectivity index (χ1n) is 26.5. The molecule has 0 radical (unpaired) electrons. The Morgan fingerprint density at radius 3 is 2.01 bits per heavy atom. The molecule has 8 rings (SSSR count). The van der Waals surface area contributed by atoms with Crippen LogP contribution < -0.4 is 37.1 Å². The molecule has 7 atom stereocenters. The molecular formula is C60H68N8O9. The lowest BCUT2D eigenvalue weighted by atomic mass is 9.89. The summed E-state index contributed by atoms with van der Waals surface area (Å²) in [6.45, 7) is 2.71. The van der Waals surface area contributed by atoms with Crippen molar-refractivity contribution in [2.24, 2.45) is 11.7 Å². The summed E-state index contributed by atoms with van der Waals surface area (Å²) in [5.41, 5.74) is 10.2. The topological polar surface area (TPSA) is 243 Å². The van der Waals surface area contributed by atoms with E-state index in [1.54, 1.807) is 48.7 Å². The number of nitrogens with two attached hydrogens (primary N) is 1. The van der Waals surface area contributed by atoms with E-state index in [0.717, 1.165) is 22.0 Å². The minimum absolute atomic E-state index is 0.0108. The number of rotatable bonds is 17. The molecule has 3 heterocycles. The van der Waals surface area contributed by atoms with Gasteiger partial charge in [0.15, 0.2) is 5.78 Å². The Kier molecular flexibility index (Phi) is 19.2. The molecule has 0 unspecified atom stereocenters. The van der Waals surface area contributed by atoms with Crippen LogP contribution in [-0.2, 0) is 59.4 Å². The number of nitrogens with zero attached hydrogens (tertiary/aromatic N) is 1. The highest BCUT2D eigenvalue weighted by Gasteiger charge is 2.45. The average molecular weight is 1050 g/mol. The van der Waals surface area contributed by atoms with Crippen molar-refractivity contribution in [2.75, 3.05) is 19.6 Å². The van der Waals surface area contributed by atoms with Crippen molar-refractivity contribution in [3.05, 3.63) is 174 Å². The van der Waals surface area contributed by atoms with Gasteiger partial charge in [-0.1, -0.05) is 128 Å². The number of aromatic nitrogens is 1. The summed E-state index contributed by atoms with van der Waals surface area (Å²) in [6.07, 6.45) is 1.44. The lowest BCUT2D eigenvalue weighted by Gasteiger charge is -2.31. The fourth-order valence-electron chi connectivity index (χ4n) is 9.98. The first-order valence-corrected chi connectivity index (χ1v) is 26.5. The van der Waals surface area contributed by atoms with E-state index >= 15 is 9.59 Å². The van der Waals surface area contributed by atoms with Crippen molar-refractivity contribution in [3.8, 4) is 5.75 Å². The normalized spacial score (nSPS) is 21.7. The molecule has 6 aromatic rings. The highest BCUT2D eigenvalue weighted by Crippen LogP contribution is 2.29. The van der Waals surface area contributed by atoms with E-state index < -0.39 is 83.6 Å². The van der Waals surface area contributed by atoms with Gasteiger partial charge >= 0.3 is 6.09 Å². The molecule has 0 spiro atoms. The number of alkyl carbamates (subject to hydrolysis) is 1. The zero-order chi connectivity index (χ0) is 54.1. The number of para-hydroxylation sites is 1. The molecule has 0 bridgehead atoms. The summed E-state index contributed by atoms with van der Waals surface area (Å²) in [7, 11) is 0. The number of hydrogen-bond acceptors (Lipinski definition) is 10. The largest absolute Gasteiger partial charge is 0.489 e. The van der Waals surface area contributed by atoms with Gasteiger partial charge in [-0.25, -0.2) is 4.79 Å². The molecule has 0 saturated carbocycles. The molecule has 0 aliphatic carbocycles. The van der Waals surface area contributed by atoms with E-state index in [0.29, 0.717) is 61.4 Å². The van der Waals surface area contributed by atoms with Gasteiger partial charge in [0.25, 0.3) is 0 Å². The number of carbonyl (C=O) groups excluding carboxylic acids is 7. The Morgan fingerprint density at radius 1 is 0.662 bits per heavy atom. The van der Waals surface area contributed by atoms with Crippen molar-refractivity contribution >= 4 is 52.3 Å². The zero-order valence-electron chi connectivity index (χ0n) is 43.3. The predicted molar refractivity (Wildman–Crippen MR) is 291 cm³/mol. The third kappa shape index (κ3) is 15.0. The van der Waals surface area contributed by atoms with Crippen LogP contribution in [0, 0.1) is 5.92 Å². The van der Waals surface area contributed by atoms with Gasteiger partial charge in [-0.3, -0.25) is 28.8 Å². The maximum atomic E-state index is 15.4. The summed E-state index contributed by atoms with van der Waals surface area (Å²) < 4.78 is 11.9. The van der Waals surface area contributed by atoms with E-state index in [2.05, 4.69) is 31.6 Å². The molecule has 1 aromatic heterocycles. The van der Waals surface area contributed by atoms with E-state index in [-0.39, 0.29) is 45.1 Å². The van der Waals surface area contributed by atoms with Crippen molar-refractivity contribution in [3.63, 3.8) is 0 Å². The number of amides is 6. The highest BCUT2D eigenvalue weighted by atomic mass is 16.6. The van der Waals surface area contributed by atoms with Crippen LogP contribution in [0.5, 0.6) is 5.75 Å². The summed E-state index contributed by atoms with van der Waals surface area (Å²) in [5.74, 6) is -4.27. The van der Waals surface area contributed by atoms with E-state index in [1.165, 1.54) is 4.90 Å². The van der Waals surface area contributed by atoms with E-state index in [1.807, 2.05) is 104 Å².